The van der Waals surface area contributed by atoms with Gasteiger partial charge in [-0.25, -0.2) is 4.79 Å². The summed E-state index contributed by atoms with van der Waals surface area (Å²) in [5.74, 6) is -0.757. The van der Waals surface area contributed by atoms with Crippen LogP contribution in [0.4, 0.5) is 4.79 Å². The van der Waals surface area contributed by atoms with Crippen LogP contribution in [0, 0.1) is 0 Å². The Hall–Kier alpha value is -1.30. The van der Waals surface area contributed by atoms with Gasteiger partial charge < -0.3 is 14.7 Å². The Morgan fingerprint density at radius 3 is 2.21 bits per heavy atom. The second-order valence-electron chi connectivity index (χ2n) is 5.81. The van der Waals surface area contributed by atoms with Gasteiger partial charge in [0.1, 0.15) is 5.60 Å². The zero-order valence-electron chi connectivity index (χ0n) is 12.0. The molecule has 1 heterocycles. The largest absolute Gasteiger partial charge is 0.481 e. The van der Waals surface area contributed by atoms with Gasteiger partial charge in [-0.3, -0.25) is 9.69 Å². The van der Waals surface area contributed by atoms with E-state index in [4.69, 9.17) is 9.84 Å². The predicted octanol–water partition coefficient (Wildman–Crippen LogP) is 1.40. The highest BCUT2D eigenvalue weighted by molar-refractivity contribution is 5.68. The molecule has 0 aromatic heterocycles. The van der Waals surface area contributed by atoms with E-state index in [0.29, 0.717) is 19.5 Å². The van der Waals surface area contributed by atoms with Gasteiger partial charge in [0.2, 0.25) is 0 Å². The number of hydrogen-bond acceptors (Lipinski definition) is 4. The summed E-state index contributed by atoms with van der Waals surface area (Å²) in [7, 11) is 0. The fourth-order valence-corrected chi connectivity index (χ4v) is 1.93. The number of rotatable bonds is 4. The van der Waals surface area contributed by atoms with Crippen LogP contribution in [-0.4, -0.2) is 65.3 Å². The molecule has 110 valence electrons. The molecule has 1 amide bonds. The van der Waals surface area contributed by atoms with Crippen LogP contribution < -0.4 is 0 Å². The van der Waals surface area contributed by atoms with Crippen molar-refractivity contribution in [2.24, 2.45) is 0 Å². The maximum Gasteiger partial charge on any atom is 0.410 e. The second kappa shape index (κ2) is 6.75. The summed E-state index contributed by atoms with van der Waals surface area (Å²) >= 11 is 0. The molecule has 1 aliphatic rings. The van der Waals surface area contributed by atoms with Gasteiger partial charge >= 0.3 is 12.1 Å². The highest BCUT2D eigenvalue weighted by Crippen LogP contribution is 2.12. The van der Waals surface area contributed by atoms with Crippen molar-refractivity contribution >= 4 is 12.1 Å². The normalized spacial score (nSPS) is 17.3. The lowest BCUT2D eigenvalue weighted by Gasteiger charge is -2.35. The zero-order valence-corrected chi connectivity index (χ0v) is 12.0. The average molecular weight is 272 g/mol. The van der Waals surface area contributed by atoms with Crippen molar-refractivity contribution in [1.82, 2.24) is 9.80 Å². The quantitative estimate of drug-likeness (QED) is 0.837. The summed E-state index contributed by atoms with van der Waals surface area (Å²) in [6.07, 6.45) is 0.589. The minimum absolute atomic E-state index is 0.201. The Kier molecular flexibility index (Phi) is 5.60. The fraction of sp³-hybridized carbons (Fsp3) is 0.846. The Balaban J connectivity index is 2.25. The molecule has 19 heavy (non-hydrogen) atoms. The molecule has 0 spiro atoms. The zero-order chi connectivity index (χ0) is 14.5. The lowest BCUT2D eigenvalue weighted by atomic mass is 10.2. The Morgan fingerprint density at radius 2 is 1.74 bits per heavy atom. The highest BCUT2D eigenvalue weighted by Gasteiger charge is 2.25. The average Bonchev–Trinajstić information content (AvgIpc) is 2.27. The van der Waals surface area contributed by atoms with Gasteiger partial charge in [-0.05, 0) is 33.7 Å². The Morgan fingerprint density at radius 1 is 1.16 bits per heavy atom. The third kappa shape index (κ3) is 6.42. The first-order valence-electron chi connectivity index (χ1n) is 6.70. The van der Waals surface area contributed by atoms with Crippen molar-refractivity contribution in [3.8, 4) is 0 Å². The maximum absolute atomic E-state index is 11.8. The van der Waals surface area contributed by atoms with Gasteiger partial charge in [0.15, 0.2) is 0 Å². The van der Waals surface area contributed by atoms with Crippen LogP contribution in [0.1, 0.15) is 33.6 Å². The highest BCUT2D eigenvalue weighted by atomic mass is 16.6. The van der Waals surface area contributed by atoms with Crippen molar-refractivity contribution in [2.45, 2.75) is 39.2 Å². The molecular weight excluding hydrogens is 248 g/mol. The van der Waals surface area contributed by atoms with Crippen molar-refractivity contribution in [2.75, 3.05) is 32.7 Å². The van der Waals surface area contributed by atoms with E-state index in [2.05, 4.69) is 4.90 Å². The van der Waals surface area contributed by atoms with Crippen LogP contribution >= 0.6 is 0 Å². The molecule has 0 aromatic rings. The van der Waals surface area contributed by atoms with E-state index < -0.39 is 11.6 Å². The lowest BCUT2D eigenvalue weighted by Crippen LogP contribution is -2.50. The third-order valence-corrected chi connectivity index (χ3v) is 2.89. The van der Waals surface area contributed by atoms with Crippen molar-refractivity contribution < 1.29 is 19.4 Å². The van der Waals surface area contributed by atoms with E-state index >= 15 is 0 Å². The van der Waals surface area contributed by atoms with Gasteiger partial charge in [0, 0.05) is 32.6 Å². The standard InChI is InChI=1S/C13H24N2O4/c1-13(2,3)19-12(18)15-9-7-14(8-10-15)6-4-5-11(16)17/h4-10H2,1-3H3,(H,16,17). The molecule has 1 fully saturated rings. The molecule has 0 atom stereocenters. The van der Waals surface area contributed by atoms with Crippen LogP contribution in [0.15, 0.2) is 0 Å². The molecule has 6 nitrogen and oxygen atoms in total. The van der Waals surface area contributed by atoms with E-state index in [1.807, 2.05) is 20.8 Å². The van der Waals surface area contributed by atoms with Gasteiger partial charge in [-0.15, -0.1) is 0 Å². The molecule has 0 bridgehead atoms. The number of carboxylic acid groups (broad SMARTS) is 1. The van der Waals surface area contributed by atoms with Crippen molar-refractivity contribution in [3.05, 3.63) is 0 Å². The molecule has 6 heteroatoms. The minimum atomic E-state index is -0.757. The van der Waals surface area contributed by atoms with Crippen LogP contribution in [-0.2, 0) is 9.53 Å². The number of nitrogens with zero attached hydrogens (tertiary/aromatic N) is 2. The summed E-state index contributed by atoms with van der Waals surface area (Å²) in [4.78, 5) is 26.2. The number of piperazine rings is 1. The van der Waals surface area contributed by atoms with E-state index in [1.54, 1.807) is 4.90 Å². The first-order chi connectivity index (χ1) is 8.78. The number of aliphatic carboxylic acids is 1. The monoisotopic (exact) mass is 272 g/mol. The molecule has 1 N–H and O–H groups in total. The number of carbonyl (C=O) groups excluding carboxylic acids is 1. The lowest BCUT2D eigenvalue weighted by molar-refractivity contribution is -0.137. The molecule has 0 aliphatic carbocycles. The SMILES string of the molecule is CC(C)(C)OC(=O)N1CCN(CCCC(=O)O)CC1. The van der Waals surface area contributed by atoms with E-state index in [1.165, 1.54) is 0 Å². The predicted molar refractivity (Wildman–Crippen MR) is 71.1 cm³/mol. The van der Waals surface area contributed by atoms with Gasteiger partial charge in [-0.1, -0.05) is 0 Å². The topological polar surface area (TPSA) is 70.1 Å². The molecule has 1 aliphatic heterocycles. The summed E-state index contributed by atoms with van der Waals surface area (Å²) in [6.45, 7) is 9.17. The molecule has 0 aromatic carbocycles. The van der Waals surface area contributed by atoms with Crippen LogP contribution in [0.25, 0.3) is 0 Å². The van der Waals surface area contributed by atoms with Crippen molar-refractivity contribution in [3.63, 3.8) is 0 Å². The van der Waals surface area contributed by atoms with E-state index in [9.17, 15) is 9.59 Å². The fourth-order valence-electron chi connectivity index (χ4n) is 1.93. The molecular formula is C13H24N2O4. The van der Waals surface area contributed by atoms with Crippen LogP contribution in [0.2, 0.25) is 0 Å². The van der Waals surface area contributed by atoms with Gasteiger partial charge in [-0.2, -0.15) is 0 Å². The summed E-state index contributed by atoms with van der Waals surface area (Å²) in [5, 5.41) is 8.58. The smallest absolute Gasteiger partial charge is 0.410 e. The molecule has 0 unspecified atom stereocenters. The molecule has 0 radical (unpaired) electrons. The number of carboxylic acids is 1. The van der Waals surface area contributed by atoms with Crippen LogP contribution in [0.5, 0.6) is 0 Å². The van der Waals surface area contributed by atoms with Gasteiger partial charge in [0.05, 0.1) is 0 Å². The summed E-state index contributed by atoms with van der Waals surface area (Å²) in [6, 6.07) is 0. The third-order valence-electron chi connectivity index (χ3n) is 2.89. The van der Waals surface area contributed by atoms with Gasteiger partial charge in [0.25, 0.3) is 0 Å². The van der Waals surface area contributed by atoms with Crippen LogP contribution in [0.3, 0.4) is 0 Å². The molecule has 0 saturated carbocycles. The molecule has 1 rings (SSSR count). The number of ether oxygens (including phenoxy) is 1. The molecule has 1 saturated heterocycles. The van der Waals surface area contributed by atoms with Crippen molar-refractivity contribution in [1.29, 1.82) is 0 Å². The number of amides is 1. The number of carbonyl (C=O) groups is 2. The van der Waals surface area contributed by atoms with E-state index in [0.717, 1.165) is 19.6 Å². The first kappa shape index (κ1) is 15.8. The minimum Gasteiger partial charge on any atom is -0.481 e. The Bertz CT molecular complexity index is 317. The number of hydrogen-bond donors (Lipinski definition) is 1. The summed E-state index contributed by atoms with van der Waals surface area (Å²) in [5.41, 5.74) is -0.463. The second-order valence-corrected chi connectivity index (χ2v) is 5.81. The van der Waals surface area contributed by atoms with E-state index in [-0.39, 0.29) is 12.5 Å². The maximum atomic E-state index is 11.8. The Labute approximate surface area is 114 Å². The first-order valence-corrected chi connectivity index (χ1v) is 6.70. The summed E-state index contributed by atoms with van der Waals surface area (Å²) < 4.78 is 5.32.